The van der Waals surface area contributed by atoms with Crippen LogP contribution in [-0.4, -0.2) is 11.9 Å². The summed E-state index contributed by atoms with van der Waals surface area (Å²) in [5, 5.41) is 0. The lowest BCUT2D eigenvalue weighted by atomic mass is 9.85. The van der Waals surface area contributed by atoms with E-state index in [9.17, 15) is 4.79 Å². The van der Waals surface area contributed by atoms with Gasteiger partial charge in [0.1, 0.15) is 0 Å². The summed E-state index contributed by atoms with van der Waals surface area (Å²) in [7, 11) is 0. The second-order valence-electron chi connectivity index (χ2n) is 3.82. The Hall–Kier alpha value is -0.220. The second kappa shape index (κ2) is 5.50. The lowest BCUT2D eigenvalue weighted by Gasteiger charge is -2.23. The first-order valence-electron chi connectivity index (χ1n) is 4.93. The van der Waals surface area contributed by atoms with Crippen molar-refractivity contribution in [2.24, 2.45) is 11.7 Å². The molecule has 0 aromatic rings. The molecular formula is C9H18N2OS. The van der Waals surface area contributed by atoms with Gasteiger partial charge in [0, 0.05) is 0 Å². The molecular weight excluding hydrogens is 184 g/mol. The molecule has 0 spiro atoms. The van der Waals surface area contributed by atoms with Crippen LogP contribution in [0.1, 0.15) is 38.5 Å². The number of hydrogen-bond acceptors (Lipinski definition) is 3. The van der Waals surface area contributed by atoms with Crippen LogP contribution < -0.4 is 10.5 Å². The van der Waals surface area contributed by atoms with Crippen molar-refractivity contribution in [3.8, 4) is 0 Å². The van der Waals surface area contributed by atoms with Gasteiger partial charge in [-0.1, -0.05) is 44.9 Å². The van der Waals surface area contributed by atoms with Gasteiger partial charge < -0.3 is 10.5 Å². The van der Waals surface area contributed by atoms with Crippen LogP contribution in [0.25, 0.3) is 0 Å². The van der Waals surface area contributed by atoms with Gasteiger partial charge in [0.05, 0.1) is 6.04 Å². The Morgan fingerprint density at radius 2 is 2.08 bits per heavy atom. The maximum absolute atomic E-state index is 11.1. The van der Waals surface area contributed by atoms with Crippen LogP contribution in [0.5, 0.6) is 0 Å². The molecule has 0 aromatic carbocycles. The van der Waals surface area contributed by atoms with Crippen molar-refractivity contribution >= 4 is 18.7 Å². The van der Waals surface area contributed by atoms with Crippen molar-refractivity contribution in [3.63, 3.8) is 0 Å². The average molecular weight is 202 g/mol. The number of carbonyl (C=O) groups is 1. The first kappa shape index (κ1) is 10.9. The predicted octanol–water partition coefficient (Wildman–Crippen LogP) is 1.25. The number of nitrogens with one attached hydrogen (secondary N) is 1. The largest absolute Gasteiger partial charge is 0.320 e. The monoisotopic (exact) mass is 202 g/mol. The second-order valence-corrected chi connectivity index (χ2v) is 4.05. The molecule has 1 rings (SSSR count). The Bertz CT molecular complexity index is 169. The quantitative estimate of drug-likeness (QED) is 0.603. The first-order valence-corrected chi connectivity index (χ1v) is 5.38. The summed E-state index contributed by atoms with van der Waals surface area (Å²) < 4.78 is 2.28. The van der Waals surface area contributed by atoms with Crippen LogP contribution in [0.2, 0.25) is 0 Å². The minimum absolute atomic E-state index is 0.158. The topological polar surface area (TPSA) is 55.1 Å². The molecule has 0 saturated heterocycles. The molecule has 1 fully saturated rings. The maximum Gasteiger partial charge on any atom is 0.246 e. The lowest BCUT2D eigenvalue weighted by Crippen LogP contribution is -2.38. The Kier molecular flexibility index (Phi) is 4.59. The molecule has 1 atom stereocenters. The molecule has 1 saturated carbocycles. The highest BCUT2D eigenvalue weighted by molar-refractivity contribution is 7.78. The lowest BCUT2D eigenvalue weighted by molar-refractivity contribution is -0.120. The standard InChI is InChI=1S/C9H18N2OS/c10-8(9(12)11-13)6-7-4-2-1-3-5-7/h7-8,13H,1-6,10H2,(H,11,12). The van der Waals surface area contributed by atoms with Crippen LogP contribution in [0.4, 0.5) is 0 Å². The van der Waals surface area contributed by atoms with Crippen LogP contribution in [0, 0.1) is 5.92 Å². The van der Waals surface area contributed by atoms with Gasteiger partial charge >= 0.3 is 0 Å². The fraction of sp³-hybridized carbons (Fsp3) is 0.889. The summed E-state index contributed by atoms with van der Waals surface area (Å²) in [5.74, 6) is 0.489. The summed E-state index contributed by atoms with van der Waals surface area (Å²) in [6.45, 7) is 0. The van der Waals surface area contributed by atoms with Crippen molar-refractivity contribution in [2.75, 3.05) is 0 Å². The van der Waals surface area contributed by atoms with Gasteiger partial charge in [-0.3, -0.25) is 4.79 Å². The van der Waals surface area contributed by atoms with Crippen molar-refractivity contribution in [1.29, 1.82) is 0 Å². The van der Waals surface area contributed by atoms with Gasteiger partial charge in [-0.15, -0.1) is 0 Å². The number of carbonyl (C=O) groups excluding carboxylic acids is 1. The molecule has 4 heteroatoms. The van der Waals surface area contributed by atoms with Crippen molar-refractivity contribution < 1.29 is 4.79 Å². The van der Waals surface area contributed by atoms with Gasteiger partial charge in [0.15, 0.2) is 0 Å². The molecule has 3 nitrogen and oxygen atoms in total. The van der Waals surface area contributed by atoms with Crippen molar-refractivity contribution in [2.45, 2.75) is 44.6 Å². The molecule has 1 unspecified atom stereocenters. The maximum atomic E-state index is 11.1. The third kappa shape index (κ3) is 3.56. The van der Waals surface area contributed by atoms with Crippen molar-refractivity contribution in [1.82, 2.24) is 4.72 Å². The van der Waals surface area contributed by atoms with Crippen LogP contribution in [-0.2, 0) is 4.79 Å². The highest BCUT2D eigenvalue weighted by Gasteiger charge is 2.20. The van der Waals surface area contributed by atoms with E-state index in [0.29, 0.717) is 5.92 Å². The van der Waals surface area contributed by atoms with Gasteiger partial charge in [-0.2, -0.15) is 0 Å². The number of amides is 1. The van der Waals surface area contributed by atoms with E-state index in [1.54, 1.807) is 0 Å². The molecule has 0 radical (unpaired) electrons. The van der Waals surface area contributed by atoms with E-state index >= 15 is 0 Å². The third-order valence-electron chi connectivity index (χ3n) is 2.76. The summed E-state index contributed by atoms with van der Waals surface area (Å²) in [4.78, 5) is 11.1. The van der Waals surface area contributed by atoms with E-state index in [1.807, 2.05) is 0 Å². The molecule has 0 aliphatic heterocycles. The van der Waals surface area contributed by atoms with Gasteiger partial charge in [0.2, 0.25) is 5.91 Å². The zero-order valence-corrected chi connectivity index (χ0v) is 8.72. The predicted molar refractivity (Wildman–Crippen MR) is 56.3 cm³/mol. The van der Waals surface area contributed by atoms with Gasteiger partial charge in [-0.05, 0) is 12.3 Å². The summed E-state index contributed by atoms with van der Waals surface area (Å²) in [6.07, 6.45) is 7.19. The SMILES string of the molecule is NC(CC1CCCCC1)C(=O)NS. The number of hydrogen-bond donors (Lipinski definition) is 3. The van der Waals surface area contributed by atoms with Gasteiger partial charge in [0.25, 0.3) is 0 Å². The molecule has 0 heterocycles. The zero-order valence-electron chi connectivity index (χ0n) is 7.83. The smallest absolute Gasteiger partial charge is 0.246 e. The van der Waals surface area contributed by atoms with Crippen LogP contribution in [0.3, 0.4) is 0 Å². The normalized spacial score (nSPS) is 21.1. The van der Waals surface area contributed by atoms with Crippen molar-refractivity contribution in [3.05, 3.63) is 0 Å². The number of thiol groups is 1. The molecule has 1 aliphatic carbocycles. The molecule has 0 aromatic heterocycles. The molecule has 76 valence electrons. The zero-order chi connectivity index (χ0) is 9.68. The first-order chi connectivity index (χ1) is 6.24. The molecule has 1 aliphatic rings. The Morgan fingerprint density at radius 3 is 2.62 bits per heavy atom. The van der Waals surface area contributed by atoms with Crippen LogP contribution >= 0.6 is 12.8 Å². The van der Waals surface area contributed by atoms with E-state index in [0.717, 1.165) is 6.42 Å². The average Bonchev–Trinajstić information content (AvgIpc) is 2.18. The fourth-order valence-corrected chi connectivity index (χ4v) is 2.14. The van der Waals surface area contributed by atoms with Crippen LogP contribution in [0.15, 0.2) is 0 Å². The molecule has 3 N–H and O–H groups in total. The number of nitrogens with two attached hydrogens (primary N) is 1. The molecule has 13 heavy (non-hydrogen) atoms. The fourth-order valence-electron chi connectivity index (χ4n) is 1.97. The summed E-state index contributed by atoms with van der Waals surface area (Å²) in [6, 6.07) is -0.374. The highest BCUT2D eigenvalue weighted by atomic mass is 32.1. The Morgan fingerprint density at radius 1 is 1.46 bits per heavy atom. The number of rotatable bonds is 3. The third-order valence-corrected chi connectivity index (χ3v) is 2.98. The van der Waals surface area contributed by atoms with E-state index in [4.69, 9.17) is 5.73 Å². The van der Waals surface area contributed by atoms with E-state index in [1.165, 1.54) is 32.1 Å². The van der Waals surface area contributed by atoms with E-state index in [2.05, 4.69) is 17.5 Å². The Balaban J connectivity index is 2.25. The minimum atomic E-state index is -0.374. The molecule has 0 bridgehead atoms. The van der Waals surface area contributed by atoms with E-state index in [-0.39, 0.29) is 11.9 Å². The Labute approximate surface area is 85.0 Å². The highest BCUT2D eigenvalue weighted by Crippen LogP contribution is 2.26. The summed E-state index contributed by atoms with van der Waals surface area (Å²) >= 11 is 3.69. The van der Waals surface area contributed by atoms with Gasteiger partial charge in [-0.25, -0.2) is 0 Å². The summed E-state index contributed by atoms with van der Waals surface area (Å²) in [5.41, 5.74) is 5.70. The van der Waals surface area contributed by atoms with E-state index < -0.39 is 0 Å². The minimum Gasteiger partial charge on any atom is -0.320 e. The molecule has 1 amide bonds.